The lowest BCUT2D eigenvalue weighted by Gasteiger charge is -2.12. The van der Waals surface area contributed by atoms with Crippen LogP contribution in [-0.2, 0) is 22.6 Å². The Balaban J connectivity index is 1.72. The average Bonchev–Trinajstić information content (AvgIpc) is 3.19. The van der Waals surface area contributed by atoms with Gasteiger partial charge in [0, 0.05) is 19.7 Å². The molecule has 18 heavy (non-hydrogen) atoms. The number of hydrogen-bond donors (Lipinski definition) is 1. The van der Waals surface area contributed by atoms with Crippen molar-refractivity contribution in [3.8, 4) is 0 Å². The number of rotatable bonds is 8. The maximum absolute atomic E-state index is 5.68. The van der Waals surface area contributed by atoms with E-state index in [1.54, 1.807) is 7.11 Å². The summed E-state index contributed by atoms with van der Waals surface area (Å²) in [4.78, 5) is 0. The second-order valence-electron chi connectivity index (χ2n) is 5.05. The van der Waals surface area contributed by atoms with E-state index < -0.39 is 0 Å². The van der Waals surface area contributed by atoms with Crippen LogP contribution in [0.5, 0.6) is 0 Å². The first-order valence-electron chi connectivity index (χ1n) is 6.69. The first kappa shape index (κ1) is 13.5. The topological polar surface area (TPSA) is 30.5 Å². The van der Waals surface area contributed by atoms with Crippen molar-refractivity contribution >= 4 is 0 Å². The summed E-state index contributed by atoms with van der Waals surface area (Å²) in [5.74, 6) is 0. The van der Waals surface area contributed by atoms with Gasteiger partial charge in [0.15, 0.2) is 0 Å². The van der Waals surface area contributed by atoms with Crippen LogP contribution in [0.15, 0.2) is 24.3 Å². The van der Waals surface area contributed by atoms with Crippen LogP contribution in [-0.4, -0.2) is 25.9 Å². The zero-order valence-corrected chi connectivity index (χ0v) is 11.3. The highest BCUT2D eigenvalue weighted by atomic mass is 16.5. The lowest BCUT2D eigenvalue weighted by molar-refractivity contribution is -0.000129. The van der Waals surface area contributed by atoms with E-state index in [1.165, 1.54) is 24.0 Å². The fraction of sp³-hybridized carbons (Fsp3) is 0.600. The second-order valence-corrected chi connectivity index (χ2v) is 5.05. The molecule has 0 radical (unpaired) electrons. The molecular formula is C15H23NO2. The minimum absolute atomic E-state index is 0.145. The molecule has 0 spiro atoms. The molecule has 1 atom stereocenters. The van der Waals surface area contributed by atoms with Crippen molar-refractivity contribution < 1.29 is 9.47 Å². The van der Waals surface area contributed by atoms with Crippen molar-refractivity contribution in [1.29, 1.82) is 0 Å². The van der Waals surface area contributed by atoms with E-state index in [9.17, 15) is 0 Å². The van der Waals surface area contributed by atoms with E-state index in [4.69, 9.17) is 9.47 Å². The van der Waals surface area contributed by atoms with Crippen LogP contribution in [0, 0.1) is 0 Å². The second kappa shape index (κ2) is 6.88. The van der Waals surface area contributed by atoms with Gasteiger partial charge in [0.2, 0.25) is 0 Å². The smallest absolute Gasteiger partial charge is 0.0784 e. The number of nitrogens with one attached hydrogen (secondary N) is 1. The largest absolute Gasteiger partial charge is 0.382 e. The average molecular weight is 249 g/mol. The summed E-state index contributed by atoms with van der Waals surface area (Å²) in [6, 6.07) is 9.40. The van der Waals surface area contributed by atoms with Crippen molar-refractivity contribution in [3.63, 3.8) is 0 Å². The van der Waals surface area contributed by atoms with Gasteiger partial charge in [-0.1, -0.05) is 24.3 Å². The lowest BCUT2D eigenvalue weighted by atomic mass is 10.1. The van der Waals surface area contributed by atoms with E-state index >= 15 is 0 Å². The molecule has 1 saturated carbocycles. The van der Waals surface area contributed by atoms with Crippen LogP contribution in [0.25, 0.3) is 0 Å². The Hall–Kier alpha value is -0.900. The van der Waals surface area contributed by atoms with E-state index in [-0.39, 0.29) is 6.10 Å². The van der Waals surface area contributed by atoms with Crippen molar-refractivity contribution in [1.82, 2.24) is 5.32 Å². The predicted molar refractivity (Wildman–Crippen MR) is 72.4 cm³/mol. The molecule has 3 heteroatoms. The number of benzene rings is 1. The van der Waals surface area contributed by atoms with Gasteiger partial charge < -0.3 is 14.8 Å². The van der Waals surface area contributed by atoms with Gasteiger partial charge in [-0.15, -0.1) is 0 Å². The summed E-state index contributed by atoms with van der Waals surface area (Å²) in [5.41, 5.74) is 2.56. The van der Waals surface area contributed by atoms with E-state index in [0.717, 1.165) is 12.6 Å². The van der Waals surface area contributed by atoms with E-state index in [1.807, 2.05) is 6.92 Å². The molecule has 2 rings (SSSR count). The maximum atomic E-state index is 5.68. The third kappa shape index (κ3) is 4.77. The van der Waals surface area contributed by atoms with Crippen molar-refractivity contribution in [2.24, 2.45) is 0 Å². The molecule has 1 aliphatic carbocycles. The van der Waals surface area contributed by atoms with Gasteiger partial charge in [0.1, 0.15) is 0 Å². The summed E-state index contributed by atoms with van der Waals surface area (Å²) in [6.45, 7) is 4.30. The van der Waals surface area contributed by atoms with Crippen LogP contribution < -0.4 is 5.32 Å². The summed E-state index contributed by atoms with van der Waals surface area (Å²) in [7, 11) is 1.70. The monoisotopic (exact) mass is 249 g/mol. The molecule has 3 nitrogen and oxygen atoms in total. The van der Waals surface area contributed by atoms with Crippen molar-refractivity contribution in [2.45, 2.75) is 45.1 Å². The highest BCUT2D eigenvalue weighted by Gasteiger charge is 2.19. The molecule has 1 aromatic rings. The third-order valence-corrected chi connectivity index (χ3v) is 3.13. The summed E-state index contributed by atoms with van der Waals surface area (Å²) >= 11 is 0. The zero-order valence-electron chi connectivity index (χ0n) is 11.3. The molecule has 1 aliphatic rings. The maximum Gasteiger partial charge on any atom is 0.0784 e. The molecule has 0 aliphatic heterocycles. The third-order valence-electron chi connectivity index (χ3n) is 3.13. The molecule has 1 aromatic carbocycles. The molecule has 1 N–H and O–H groups in total. The lowest BCUT2D eigenvalue weighted by Crippen LogP contribution is -2.15. The van der Waals surface area contributed by atoms with Gasteiger partial charge in [-0.2, -0.15) is 0 Å². The highest BCUT2D eigenvalue weighted by molar-refractivity contribution is 5.22. The van der Waals surface area contributed by atoms with Gasteiger partial charge in [-0.25, -0.2) is 0 Å². The summed E-state index contributed by atoms with van der Waals surface area (Å²) in [6.07, 6.45) is 2.82. The Morgan fingerprint density at radius 3 is 2.50 bits per heavy atom. The summed E-state index contributed by atoms with van der Waals surface area (Å²) < 4.78 is 10.7. The van der Waals surface area contributed by atoms with Gasteiger partial charge in [-0.3, -0.25) is 0 Å². The normalized spacial score (nSPS) is 16.8. The van der Waals surface area contributed by atoms with Crippen LogP contribution in [0.1, 0.15) is 30.9 Å². The quantitative estimate of drug-likeness (QED) is 0.768. The molecule has 0 bridgehead atoms. The van der Waals surface area contributed by atoms with Gasteiger partial charge in [-0.05, 0) is 30.9 Å². The van der Waals surface area contributed by atoms with Crippen LogP contribution in [0.2, 0.25) is 0 Å². The SMILES string of the molecule is COCC(C)OCc1ccc(CNC2CC2)cc1. The van der Waals surface area contributed by atoms with Gasteiger partial charge in [0.25, 0.3) is 0 Å². The molecule has 1 fully saturated rings. The molecule has 0 aromatic heterocycles. The van der Waals surface area contributed by atoms with Crippen molar-refractivity contribution in [2.75, 3.05) is 13.7 Å². The highest BCUT2D eigenvalue weighted by Crippen LogP contribution is 2.19. The Labute approximate surface area is 109 Å². The fourth-order valence-electron chi connectivity index (χ4n) is 1.82. The molecule has 0 heterocycles. The Morgan fingerprint density at radius 1 is 1.22 bits per heavy atom. The summed E-state index contributed by atoms with van der Waals surface area (Å²) in [5, 5.41) is 3.51. The number of ether oxygens (including phenoxy) is 2. The molecule has 1 unspecified atom stereocenters. The molecule has 0 amide bonds. The Morgan fingerprint density at radius 2 is 1.89 bits per heavy atom. The van der Waals surface area contributed by atoms with Gasteiger partial charge >= 0.3 is 0 Å². The minimum atomic E-state index is 0.145. The molecular weight excluding hydrogens is 226 g/mol. The first-order chi connectivity index (χ1) is 8.78. The first-order valence-corrected chi connectivity index (χ1v) is 6.69. The van der Waals surface area contributed by atoms with E-state index in [2.05, 4.69) is 29.6 Å². The Bertz CT molecular complexity index is 346. The zero-order chi connectivity index (χ0) is 12.8. The number of hydrogen-bond acceptors (Lipinski definition) is 3. The van der Waals surface area contributed by atoms with Gasteiger partial charge in [0.05, 0.1) is 19.3 Å². The Kier molecular flexibility index (Phi) is 5.17. The standard InChI is InChI=1S/C15H23NO2/c1-12(10-17-2)18-11-14-5-3-13(4-6-14)9-16-15-7-8-15/h3-6,12,15-16H,7-11H2,1-2H3. The van der Waals surface area contributed by atoms with E-state index in [0.29, 0.717) is 13.2 Å². The molecule has 100 valence electrons. The number of methoxy groups -OCH3 is 1. The fourth-order valence-corrected chi connectivity index (χ4v) is 1.82. The predicted octanol–water partition coefficient (Wildman–Crippen LogP) is 2.49. The van der Waals surface area contributed by atoms with Crippen LogP contribution >= 0.6 is 0 Å². The van der Waals surface area contributed by atoms with Crippen molar-refractivity contribution in [3.05, 3.63) is 35.4 Å². The van der Waals surface area contributed by atoms with Crippen LogP contribution in [0.4, 0.5) is 0 Å². The molecule has 0 saturated heterocycles. The minimum Gasteiger partial charge on any atom is -0.382 e. The van der Waals surface area contributed by atoms with Crippen LogP contribution in [0.3, 0.4) is 0 Å².